The van der Waals surface area contributed by atoms with Crippen molar-refractivity contribution >= 4 is 5.78 Å². The van der Waals surface area contributed by atoms with Crippen LogP contribution in [0.4, 0.5) is 13.2 Å². The minimum absolute atomic E-state index is 0.0874. The van der Waals surface area contributed by atoms with Crippen LogP contribution < -0.4 is 0 Å². The van der Waals surface area contributed by atoms with Gasteiger partial charge in [0.15, 0.2) is 5.78 Å². The van der Waals surface area contributed by atoms with Crippen LogP contribution in [0.3, 0.4) is 0 Å². The van der Waals surface area contributed by atoms with Crippen LogP contribution in [-0.2, 0) is 4.74 Å². The Morgan fingerprint density at radius 1 is 1.41 bits per heavy atom. The molecule has 0 N–H and O–H groups in total. The summed E-state index contributed by atoms with van der Waals surface area (Å²) in [6.07, 6.45) is -4.44. The average molecular weight is 250 g/mol. The molecule has 1 aromatic heterocycles. The summed E-state index contributed by atoms with van der Waals surface area (Å²) in [5.41, 5.74) is 0.401. The molecule has 0 aliphatic carbocycles. The van der Waals surface area contributed by atoms with Crippen LogP contribution in [0.25, 0.3) is 0 Å². The highest BCUT2D eigenvalue weighted by atomic mass is 19.4. The van der Waals surface area contributed by atoms with E-state index in [4.69, 9.17) is 4.42 Å². The number of hydrogen-bond donors (Lipinski definition) is 0. The zero-order chi connectivity index (χ0) is 13.1. The van der Waals surface area contributed by atoms with Gasteiger partial charge in [0.1, 0.15) is 18.1 Å². The highest BCUT2D eigenvalue weighted by Gasteiger charge is 2.27. The lowest BCUT2D eigenvalue weighted by Gasteiger charge is -2.06. The Balaban J connectivity index is 2.38. The van der Waals surface area contributed by atoms with Crippen molar-refractivity contribution in [2.45, 2.75) is 26.4 Å². The molecule has 0 radical (unpaired) electrons. The Morgan fingerprint density at radius 3 is 2.53 bits per heavy atom. The third-order valence-corrected chi connectivity index (χ3v) is 2.08. The number of Topliss-reactive ketones (excluding diaryl/α,β-unsaturated/α-hetero) is 1. The monoisotopic (exact) mass is 250 g/mol. The molecule has 0 amide bonds. The van der Waals surface area contributed by atoms with Crippen molar-refractivity contribution in [1.82, 2.24) is 0 Å². The van der Waals surface area contributed by atoms with E-state index in [1.165, 1.54) is 0 Å². The molecular weight excluding hydrogens is 237 g/mol. The molecule has 3 nitrogen and oxygen atoms in total. The maximum Gasteiger partial charge on any atom is 0.411 e. The van der Waals surface area contributed by atoms with Crippen LogP contribution in [0.2, 0.25) is 0 Å². The number of aryl methyl sites for hydroxylation is 2. The second-order valence-electron chi connectivity index (χ2n) is 3.67. The highest BCUT2D eigenvalue weighted by molar-refractivity contribution is 5.97. The van der Waals surface area contributed by atoms with Crippen LogP contribution in [0.1, 0.15) is 28.3 Å². The number of furan rings is 1. The molecule has 0 aromatic carbocycles. The first-order valence-corrected chi connectivity index (χ1v) is 5.04. The van der Waals surface area contributed by atoms with Gasteiger partial charge in [-0.25, -0.2) is 0 Å². The lowest BCUT2D eigenvalue weighted by atomic mass is 10.1. The lowest BCUT2D eigenvalue weighted by Crippen LogP contribution is -2.18. The number of ketones is 1. The summed E-state index contributed by atoms with van der Waals surface area (Å²) in [5.74, 6) is 0.798. The molecule has 0 spiro atoms. The molecule has 0 fully saturated rings. The van der Waals surface area contributed by atoms with Gasteiger partial charge >= 0.3 is 6.18 Å². The van der Waals surface area contributed by atoms with Crippen molar-refractivity contribution in [1.29, 1.82) is 0 Å². The third kappa shape index (κ3) is 4.60. The highest BCUT2D eigenvalue weighted by Crippen LogP contribution is 2.17. The Kier molecular flexibility index (Phi) is 4.34. The summed E-state index contributed by atoms with van der Waals surface area (Å²) in [4.78, 5) is 11.6. The first kappa shape index (κ1) is 13.8. The summed E-state index contributed by atoms with van der Waals surface area (Å²) in [7, 11) is 0. The van der Waals surface area contributed by atoms with Gasteiger partial charge in [-0.15, -0.1) is 0 Å². The molecular formula is C11H13F3O3. The van der Waals surface area contributed by atoms with E-state index in [0.717, 1.165) is 0 Å². The molecule has 96 valence electrons. The largest absolute Gasteiger partial charge is 0.466 e. The number of carbonyl (C=O) groups excluding carboxylic acids is 1. The molecule has 0 bridgehead atoms. The fraction of sp³-hybridized carbons (Fsp3) is 0.545. The zero-order valence-corrected chi connectivity index (χ0v) is 9.56. The summed E-state index contributed by atoms with van der Waals surface area (Å²) >= 11 is 0. The number of rotatable bonds is 5. The van der Waals surface area contributed by atoms with E-state index in [2.05, 4.69) is 4.74 Å². The molecule has 1 aromatic rings. The van der Waals surface area contributed by atoms with Crippen LogP contribution in [0, 0.1) is 13.8 Å². The molecule has 17 heavy (non-hydrogen) atoms. The van der Waals surface area contributed by atoms with Crippen molar-refractivity contribution in [2.24, 2.45) is 0 Å². The lowest BCUT2D eigenvalue weighted by molar-refractivity contribution is -0.173. The van der Waals surface area contributed by atoms with Crippen molar-refractivity contribution in [3.63, 3.8) is 0 Å². The van der Waals surface area contributed by atoms with E-state index in [1.807, 2.05) is 0 Å². The number of hydrogen-bond acceptors (Lipinski definition) is 3. The Bertz CT molecular complexity index is 393. The molecule has 1 heterocycles. The van der Waals surface area contributed by atoms with Gasteiger partial charge in [0.05, 0.1) is 12.2 Å². The van der Waals surface area contributed by atoms with Gasteiger partial charge < -0.3 is 9.15 Å². The van der Waals surface area contributed by atoms with Gasteiger partial charge in [-0.2, -0.15) is 13.2 Å². The average Bonchev–Trinajstić information content (AvgIpc) is 2.51. The number of alkyl halides is 3. The maximum absolute atomic E-state index is 11.7. The molecule has 0 saturated carbocycles. The quantitative estimate of drug-likeness (QED) is 0.595. The van der Waals surface area contributed by atoms with Crippen LogP contribution >= 0.6 is 0 Å². The van der Waals surface area contributed by atoms with Crippen molar-refractivity contribution in [3.8, 4) is 0 Å². The smallest absolute Gasteiger partial charge is 0.411 e. The molecule has 0 aliphatic rings. The van der Waals surface area contributed by atoms with Crippen LogP contribution in [0.5, 0.6) is 0 Å². The first-order valence-electron chi connectivity index (χ1n) is 5.04. The minimum atomic E-state index is -4.36. The number of ether oxygens (including phenoxy) is 1. The Morgan fingerprint density at radius 2 is 2.06 bits per heavy atom. The molecule has 0 saturated heterocycles. The van der Waals surface area contributed by atoms with Crippen molar-refractivity contribution < 1.29 is 27.1 Å². The van der Waals surface area contributed by atoms with Gasteiger partial charge in [-0.3, -0.25) is 4.79 Å². The van der Waals surface area contributed by atoms with E-state index in [0.29, 0.717) is 17.1 Å². The fourth-order valence-corrected chi connectivity index (χ4v) is 1.40. The Labute approximate surface area is 96.6 Å². The second kappa shape index (κ2) is 5.35. The molecule has 0 unspecified atom stereocenters. The Hall–Kier alpha value is -1.30. The fourth-order valence-electron chi connectivity index (χ4n) is 1.40. The van der Waals surface area contributed by atoms with Crippen LogP contribution in [-0.4, -0.2) is 25.2 Å². The molecule has 0 atom stereocenters. The zero-order valence-electron chi connectivity index (χ0n) is 9.56. The van der Waals surface area contributed by atoms with Gasteiger partial charge in [0.25, 0.3) is 0 Å². The molecule has 6 heteroatoms. The minimum Gasteiger partial charge on any atom is -0.466 e. The van der Waals surface area contributed by atoms with E-state index in [9.17, 15) is 18.0 Å². The van der Waals surface area contributed by atoms with E-state index < -0.39 is 12.8 Å². The van der Waals surface area contributed by atoms with Crippen molar-refractivity contribution in [3.05, 3.63) is 23.2 Å². The predicted octanol–water partition coefficient (Wildman–Crippen LogP) is 3.05. The first-order chi connectivity index (χ1) is 7.79. The summed E-state index contributed by atoms with van der Waals surface area (Å²) in [5, 5.41) is 0. The molecule has 0 aliphatic heterocycles. The third-order valence-electron chi connectivity index (χ3n) is 2.08. The summed E-state index contributed by atoms with van der Waals surface area (Å²) < 4.78 is 44.8. The summed E-state index contributed by atoms with van der Waals surface area (Å²) in [6.45, 7) is 1.76. The van der Waals surface area contributed by atoms with E-state index in [1.54, 1.807) is 19.9 Å². The predicted molar refractivity (Wildman–Crippen MR) is 54.0 cm³/mol. The van der Waals surface area contributed by atoms with Gasteiger partial charge in [-0.05, 0) is 19.9 Å². The normalized spacial score (nSPS) is 11.8. The maximum atomic E-state index is 11.7. The number of halogens is 3. The van der Waals surface area contributed by atoms with Gasteiger partial charge in [0, 0.05) is 6.42 Å². The van der Waals surface area contributed by atoms with Crippen LogP contribution in [0.15, 0.2) is 10.5 Å². The second-order valence-corrected chi connectivity index (χ2v) is 3.67. The number of carbonyl (C=O) groups is 1. The van der Waals surface area contributed by atoms with E-state index >= 15 is 0 Å². The summed E-state index contributed by atoms with van der Waals surface area (Å²) in [6, 6.07) is 1.57. The molecule has 1 rings (SSSR count). The topological polar surface area (TPSA) is 39.4 Å². The SMILES string of the molecule is Cc1cc(C(=O)CCOCC(F)(F)F)c(C)o1. The van der Waals surface area contributed by atoms with Gasteiger partial charge in [-0.1, -0.05) is 0 Å². The van der Waals surface area contributed by atoms with Gasteiger partial charge in [0.2, 0.25) is 0 Å². The van der Waals surface area contributed by atoms with Crippen molar-refractivity contribution in [2.75, 3.05) is 13.2 Å². The van der Waals surface area contributed by atoms with E-state index in [-0.39, 0.29) is 18.8 Å². The standard InChI is InChI=1S/C11H13F3O3/c1-7-5-9(8(2)17-7)10(15)3-4-16-6-11(12,13)14/h5H,3-4,6H2,1-2H3.